The van der Waals surface area contributed by atoms with Crippen LogP contribution in [0.3, 0.4) is 0 Å². The lowest BCUT2D eigenvalue weighted by molar-refractivity contribution is 0.239. The van der Waals surface area contributed by atoms with Gasteiger partial charge in [-0.1, -0.05) is 31.2 Å². The lowest BCUT2D eigenvalue weighted by atomic mass is 10.1. The maximum Gasteiger partial charge on any atom is 0.0459 e. The van der Waals surface area contributed by atoms with Crippen molar-refractivity contribution < 1.29 is 5.11 Å². The Kier molecular flexibility index (Phi) is 6.19. The standard InChI is InChI=1S/C9H16O/c1-3-4-5-6-7-9(2)8-10/h3-6,9-10H,7-8H2,1-2H3/b4-3?,6-5+. The van der Waals surface area contributed by atoms with E-state index in [0.717, 1.165) is 6.42 Å². The summed E-state index contributed by atoms with van der Waals surface area (Å²) in [6.07, 6.45) is 9.01. The molecule has 58 valence electrons. The number of hydrogen-bond donors (Lipinski definition) is 1. The molecule has 0 aromatic heterocycles. The molecule has 0 rings (SSSR count). The Labute approximate surface area is 63.1 Å². The van der Waals surface area contributed by atoms with Gasteiger partial charge < -0.3 is 5.11 Å². The molecule has 0 aromatic rings. The van der Waals surface area contributed by atoms with Crippen LogP contribution in [0.15, 0.2) is 24.3 Å². The highest BCUT2D eigenvalue weighted by Crippen LogP contribution is 2.00. The first kappa shape index (κ1) is 9.44. The molecule has 1 unspecified atom stereocenters. The molecule has 10 heavy (non-hydrogen) atoms. The van der Waals surface area contributed by atoms with Crippen LogP contribution in [0.2, 0.25) is 0 Å². The van der Waals surface area contributed by atoms with Crippen molar-refractivity contribution in [2.75, 3.05) is 6.61 Å². The minimum Gasteiger partial charge on any atom is -0.396 e. The van der Waals surface area contributed by atoms with Gasteiger partial charge in [-0.15, -0.1) is 0 Å². The maximum atomic E-state index is 8.64. The molecule has 0 aliphatic heterocycles. The van der Waals surface area contributed by atoms with E-state index in [2.05, 4.69) is 6.08 Å². The third kappa shape index (κ3) is 5.57. The molecule has 0 aromatic carbocycles. The number of allylic oxidation sites excluding steroid dienone is 4. The second-order valence-corrected chi connectivity index (χ2v) is 2.48. The van der Waals surface area contributed by atoms with E-state index in [0.29, 0.717) is 5.92 Å². The fourth-order valence-electron chi connectivity index (χ4n) is 0.575. The van der Waals surface area contributed by atoms with Crippen LogP contribution in [-0.2, 0) is 0 Å². The van der Waals surface area contributed by atoms with E-state index in [-0.39, 0.29) is 6.61 Å². The summed E-state index contributed by atoms with van der Waals surface area (Å²) in [5.74, 6) is 0.390. The van der Waals surface area contributed by atoms with Gasteiger partial charge in [0.2, 0.25) is 0 Å². The molecule has 0 spiro atoms. The van der Waals surface area contributed by atoms with Gasteiger partial charge in [0.05, 0.1) is 0 Å². The molecule has 0 bridgehead atoms. The summed E-state index contributed by atoms with van der Waals surface area (Å²) in [5.41, 5.74) is 0. The third-order valence-corrected chi connectivity index (χ3v) is 1.29. The Hall–Kier alpha value is -0.560. The Morgan fingerprint density at radius 1 is 1.40 bits per heavy atom. The van der Waals surface area contributed by atoms with Crippen LogP contribution in [-0.4, -0.2) is 11.7 Å². The molecule has 0 radical (unpaired) electrons. The molecule has 0 fully saturated rings. The van der Waals surface area contributed by atoms with Crippen LogP contribution in [0, 0.1) is 5.92 Å². The first-order valence-electron chi connectivity index (χ1n) is 3.70. The van der Waals surface area contributed by atoms with Crippen molar-refractivity contribution in [2.45, 2.75) is 20.3 Å². The van der Waals surface area contributed by atoms with Crippen LogP contribution in [0.5, 0.6) is 0 Å². The van der Waals surface area contributed by atoms with Gasteiger partial charge in [0.1, 0.15) is 0 Å². The number of aliphatic hydroxyl groups excluding tert-OH is 1. The zero-order valence-electron chi connectivity index (χ0n) is 6.75. The van der Waals surface area contributed by atoms with Crippen molar-refractivity contribution in [2.24, 2.45) is 5.92 Å². The molecule has 1 atom stereocenters. The average molecular weight is 140 g/mol. The fourth-order valence-corrected chi connectivity index (χ4v) is 0.575. The summed E-state index contributed by atoms with van der Waals surface area (Å²) in [6.45, 7) is 4.29. The van der Waals surface area contributed by atoms with Crippen molar-refractivity contribution in [3.63, 3.8) is 0 Å². The lowest BCUT2D eigenvalue weighted by Crippen LogP contribution is -1.97. The van der Waals surface area contributed by atoms with E-state index in [1.807, 2.05) is 32.1 Å². The van der Waals surface area contributed by atoms with E-state index in [1.54, 1.807) is 0 Å². The van der Waals surface area contributed by atoms with Crippen molar-refractivity contribution >= 4 is 0 Å². The number of aliphatic hydroxyl groups is 1. The summed E-state index contributed by atoms with van der Waals surface area (Å²) in [7, 11) is 0. The highest BCUT2D eigenvalue weighted by atomic mass is 16.3. The van der Waals surface area contributed by atoms with Gasteiger partial charge in [-0.05, 0) is 19.3 Å². The van der Waals surface area contributed by atoms with Gasteiger partial charge in [0, 0.05) is 6.61 Å². The number of rotatable bonds is 4. The smallest absolute Gasteiger partial charge is 0.0459 e. The van der Waals surface area contributed by atoms with Gasteiger partial charge in [-0.25, -0.2) is 0 Å². The Bertz CT molecular complexity index is 114. The first-order chi connectivity index (χ1) is 4.81. The van der Waals surface area contributed by atoms with E-state index < -0.39 is 0 Å². The van der Waals surface area contributed by atoms with Gasteiger partial charge in [-0.2, -0.15) is 0 Å². The van der Waals surface area contributed by atoms with Crippen molar-refractivity contribution in [1.82, 2.24) is 0 Å². The SMILES string of the molecule is CC=C/C=C/CC(C)CO. The molecule has 1 heteroatoms. The molecule has 0 aliphatic rings. The number of hydrogen-bond acceptors (Lipinski definition) is 1. The lowest BCUT2D eigenvalue weighted by Gasteiger charge is -2.00. The molecule has 1 nitrogen and oxygen atoms in total. The normalized spacial score (nSPS) is 15.1. The van der Waals surface area contributed by atoms with E-state index in [9.17, 15) is 0 Å². The maximum absolute atomic E-state index is 8.64. The van der Waals surface area contributed by atoms with E-state index >= 15 is 0 Å². The average Bonchev–Trinajstić information content (AvgIpc) is 1.98. The Morgan fingerprint density at radius 2 is 2.10 bits per heavy atom. The zero-order valence-corrected chi connectivity index (χ0v) is 6.75. The Morgan fingerprint density at radius 3 is 2.60 bits per heavy atom. The third-order valence-electron chi connectivity index (χ3n) is 1.29. The monoisotopic (exact) mass is 140 g/mol. The van der Waals surface area contributed by atoms with Crippen LogP contribution in [0.25, 0.3) is 0 Å². The molecule has 0 heterocycles. The van der Waals surface area contributed by atoms with Crippen molar-refractivity contribution in [1.29, 1.82) is 0 Å². The van der Waals surface area contributed by atoms with Crippen molar-refractivity contribution in [3.05, 3.63) is 24.3 Å². The largest absolute Gasteiger partial charge is 0.396 e. The summed E-state index contributed by atoms with van der Waals surface area (Å²) < 4.78 is 0. The molecule has 0 saturated heterocycles. The molecular weight excluding hydrogens is 124 g/mol. The van der Waals surface area contributed by atoms with Crippen LogP contribution in [0.4, 0.5) is 0 Å². The van der Waals surface area contributed by atoms with Gasteiger partial charge in [0.25, 0.3) is 0 Å². The van der Waals surface area contributed by atoms with Gasteiger partial charge in [0.15, 0.2) is 0 Å². The van der Waals surface area contributed by atoms with Crippen molar-refractivity contribution in [3.8, 4) is 0 Å². The highest BCUT2D eigenvalue weighted by Gasteiger charge is 1.93. The van der Waals surface area contributed by atoms with E-state index in [4.69, 9.17) is 5.11 Å². The van der Waals surface area contributed by atoms with Gasteiger partial charge in [-0.3, -0.25) is 0 Å². The fraction of sp³-hybridized carbons (Fsp3) is 0.556. The molecular formula is C9H16O. The van der Waals surface area contributed by atoms with Crippen LogP contribution >= 0.6 is 0 Å². The Balaban J connectivity index is 3.33. The molecule has 0 amide bonds. The topological polar surface area (TPSA) is 20.2 Å². The predicted octanol–water partition coefficient (Wildman–Crippen LogP) is 2.14. The molecule has 0 saturated carbocycles. The van der Waals surface area contributed by atoms with Crippen LogP contribution < -0.4 is 0 Å². The quantitative estimate of drug-likeness (QED) is 0.593. The second-order valence-electron chi connectivity index (χ2n) is 2.48. The minimum atomic E-state index is 0.278. The molecule has 0 aliphatic carbocycles. The molecule has 1 N–H and O–H groups in total. The zero-order chi connectivity index (χ0) is 7.82. The summed E-state index contributed by atoms with van der Waals surface area (Å²) in [6, 6.07) is 0. The summed E-state index contributed by atoms with van der Waals surface area (Å²) in [4.78, 5) is 0. The van der Waals surface area contributed by atoms with E-state index in [1.165, 1.54) is 0 Å². The van der Waals surface area contributed by atoms with Gasteiger partial charge >= 0.3 is 0 Å². The van der Waals surface area contributed by atoms with Crippen LogP contribution in [0.1, 0.15) is 20.3 Å². The first-order valence-corrected chi connectivity index (χ1v) is 3.70. The minimum absolute atomic E-state index is 0.278. The second kappa shape index (κ2) is 6.56. The highest BCUT2D eigenvalue weighted by molar-refractivity contribution is 5.01. The summed E-state index contributed by atoms with van der Waals surface area (Å²) >= 11 is 0. The summed E-state index contributed by atoms with van der Waals surface area (Å²) in [5, 5.41) is 8.64. The predicted molar refractivity (Wildman–Crippen MR) is 44.8 cm³/mol.